The molecule has 0 heterocycles. The summed E-state index contributed by atoms with van der Waals surface area (Å²) in [4.78, 5) is 2.07. The third-order valence-electron chi connectivity index (χ3n) is 3.27. The number of nitrogens with zero attached hydrogens (tertiary/aromatic N) is 2. The van der Waals surface area contributed by atoms with Gasteiger partial charge in [-0.2, -0.15) is 0 Å². The van der Waals surface area contributed by atoms with Crippen LogP contribution in [0.3, 0.4) is 0 Å². The molecule has 0 fully saturated rings. The summed E-state index contributed by atoms with van der Waals surface area (Å²) in [5.74, 6) is 0.139. The molecule has 5 nitrogen and oxygen atoms in total. The van der Waals surface area contributed by atoms with Crippen molar-refractivity contribution in [3.63, 3.8) is 0 Å². The largest absolute Gasteiger partial charge is 0.384 e. The normalized spacial score (nSPS) is 11.7. The van der Waals surface area contributed by atoms with Gasteiger partial charge in [0.2, 0.25) is 10.0 Å². The Morgan fingerprint density at radius 3 is 2.35 bits per heavy atom. The third-order valence-corrected chi connectivity index (χ3v) is 5.14. The van der Waals surface area contributed by atoms with E-state index in [1.807, 2.05) is 20.2 Å². The summed E-state index contributed by atoms with van der Waals surface area (Å²) in [5.41, 5.74) is 3.38. The zero-order valence-electron chi connectivity index (χ0n) is 13.0. The summed E-state index contributed by atoms with van der Waals surface area (Å²) in [7, 11) is 2.55. The van der Waals surface area contributed by atoms with Crippen LogP contribution in [0.5, 0.6) is 0 Å². The van der Waals surface area contributed by atoms with Crippen molar-refractivity contribution in [1.29, 1.82) is 0 Å². The lowest BCUT2D eigenvalue weighted by atomic mass is 10.1. The van der Waals surface area contributed by atoms with Gasteiger partial charge in [0.05, 0.1) is 5.75 Å². The zero-order valence-corrected chi connectivity index (χ0v) is 13.8. The Balaban J connectivity index is 2.57. The highest BCUT2D eigenvalue weighted by Crippen LogP contribution is 2.21. The fourth-order valence-electron chi connectivity index (χ4n) is 1.98. The maximum atomic E-state index is 11.6. The lowest BCUT2D eigenvalue weighted by Gasteiger charge is -2.18. The number of rotatable bonds is 7. The Hall–Kier alpha value is -1.27. The standard InChI is InChI=1S/C14H25N3O2S/c1-6-20(18,19)17(5)10-9-15-13-7-8-14(16(3)4)12(2)11-13/h7-8,11,15H,6,9-10H2,1-5H3. The lowest BCUT2D eigenvalue weighted by Crippen LogP contribution is -2.32. The van der Waals surface area contributed by atoms with E-state index in [1.54, 1.807) is 14.0 Å². The summed E-state index contributed by atoms with van der Waals surface area (Å²) in [6.07, 6.45) is 0. The van der Waals surface area contributed by atoms with Gasteiger partial charge in [0, 0.05) is 45.6 Å². The molecular formula is C14H25N3O2S. The van der Waals surface area contributed by atoms with Crippen LogP contribution in [0.25, 0.3) is 0 Å². The van der Waals surface area contributed by atoms with Crippen molar-refractivity contribution in [1.82, 2.24) is 4.31 Å². The first-order valence-corrected chi connectivity index (χ1v) is 8.34. The maximum absolute atomic E-state index is 11.6. The molecule has 1 N–H and O–H groups in total. The van der Waals surface area contributed by atoms with Crippen LogP contribution in [0.2, 0.25) is 0 Å². The molecule has 0 bridgehead atoms. The molecule has 20 heavy (non-hydrogen) atoms. The number of hydrogen-bond donors (Lipinski definition) is 1. The van der Waals surface area contributed by atoms with E-state index in [9.17, 15) is 8.42 Å². The summed E-state index contributed by atoms with van der Waals surface area (Å²) < 4.78 is 24.6. The lowest BCUT2D eigenvalue weighted by molar-refractivity contribution is 0.481. The van der Waals surface area contributed by atoms with E-state index in [0.29, 0.717) is 13.1 Å². The SMILES string of the molecule is CCS(=O)(=O)N(C)CCNc1ccc(N(C)C)c(C)c1. The number of benzene rings is 1. The van der Waals surface area contributed by atoms with Crippen molar-refractivity contribution < 1.29 is 8.42 Å². The van der Waals surface area contributed by atoms with Crippen molar-refractivity contribution in [2.45, 2.75) is 13.8 Å². The van der Waals surface area contributed by atoms with Crippen LogP contribution in [0.4, 0.5) is 11.4 Å². The highest BCUT2D eigenvalue weighted by Gasteiger charge is 2.13. The smallest absolute Gasteiger partial charge is 0.213 e. The summed E-state index contributed by atoms with van der Waals surface area (Å²) in [6, 6.07) is 6.14. The van der Waals surface area contributed by atoms with E-state index in [4.69, 9.17) is 0 Å². The molecule has 0 aliphatic heterocycles. The van der Waals surface area contributed by atoms with Crippen LogP contribution < -0.4 is 10.2 Å². The van der Waals surface area contributed by atoms with Crippen LogP contribution in [0, 0.1) is 6.92 Å². The third kappa shape index (κ3) is 4.38. The average molecular weight is 299 g/mol. The Labute approximate surface area is 122 Å². The predicted molar refractivity (Wildman–Crippen MR) is 86.1 cm³/mol. The molecule has 0 aliphatic rings. The molecule has 0 radical (unpaired) electrons. The first-order valence-electron chi connectivity index (χ1n) is 6.73. The molecule has 0 aliphatic carbocycles. The van der Waals surface area contributed by atoms with E-state index in [-0.39, 0.29) is 5.75 Å². The highest BCUT2D eigenvalue weighted by molar-refractivity contribution is 7.89. The Morgan fingerprint density at radius 2 is 1.85 bits per heavy atom. The molecule has 6 heteroatoms. The minimum Gasteiger partial charge on any atom is -0.384 e. The topological polar surface area (TPSA) is 52.7 Å². The van der Waals surface area contributed by atoms with Crippen molar-refractivity contribution in [3.8, 4) is 0 Å². The van der Waals surface area contributed by atoms with Crippen LogP contribution in [0.15, 0.2) is 18.2 Å². The van der Waals surface area contributed by atoms with Gasteiger partial charge in [-0.15, -0.1) is 0 Å². The van der Waals surface area contributed by atoms with Crippen molar-refractivity contribution in [3.05, 3.63) is 23.8 Å². The van der Waals surface area contributed by atoms with Crippen molar-refractivity contribution in [2.75, 3.05) is 50.2 Å². The molecule has 114 valence electrons. The molecular weight excluding hydrogens is 274 g/mol. The number of likely N-dealkylation sites (N-methyl/N-ethyl adjacent to an activating group) is 1. The second-order valence-electron chi connectivity index (χ2n) is 5.04. The Bertz CT molecular complexity index is 541. The van der Waals surface area contributed by atoms with Crippen LogP contribution >= 0.6 is 0 Å². The second-order valence-corrected chi connectivity index (χ2v) is 7.41. The number of anilines is 2. The monoisotopic (exact) mass is 299 g/mol. The molecule has 0 amide bonds. The van der Waals surface area contributed by atoms with Gasteiger partial charge in [-0.25, -0.2) is 12.7 Å². The van der Waals surface area contributed by atoms with Gasteiger partial charge in [-0.3, -0.25) is 0 Å². The van der Waals surface area contributed by atoms with Crippen LogP contribution in [-0.4, -0.2) is 52.7 Å². The van der Waals surface area contributed by atoms with Crippen molar-refractivity contribution in [2.24, 2.45) is 0 Å². The van der Waals surface area contributed by atoms with Gasteiger partial charge >= 0.3 is 0 Å². The van der Waals surface area contributed by atoms with Crippen LogP contribution in [-0.2, 0) is 10.0 Å². The minimum atomic E-state index is -3.09. The van der Waals surface area contributed by atoms with Gasteiger partial charge in [0.25, 0.3) is 0 Å². The van der Waals surface area contributed by atoms with Gasteiger partial charge in [0.15, 0.2) is 0 Å². The van der Waals surface area contributed by atoms with E-state index < -0.39 is 10.0 Å². The van der Waals surface area contributed by atoms with Crippen molar-refractivity contribution >= 4 is 21.4 Å². The summed E-state index contributed by atoms with van der Waals surface area (Å²) in [6.45, 7) is 4.78. The number of hydrogen-bond acceptors (Lipinski definition) is 4. The Kier molecular flexibility index (Phi) is 5.83. The van der Waals surface area contributed by atoms with E-state index >= 15 is 0 Å². The Morgan fingerprint density at radius 1 is 1.20 bits per heavy atom. The first kappa shape index (κ1) is 16.8. The highest BCUT2D eigenvalue weighted by atomic mass is 32.2. The van der Waals surface area contributed by atoms with Gasteiger partial charge in [-0.05, 0) is 37.6 Å². The number of sulfonamides is 1. The predicted octanol–water partition coefficient (Wildman–Crippen LogP) is 1.75. The first-order chi connectivity index (χ1) is 9.27. The quantitative estimate of drug-likeness (QED) is 0.833. The molecule has 0 unspecified atom stereocenters. The fraction of sp³-hybridized carbons (Fsp3) is 0.571. The average Bonchev–Trinajstić information content (AvgIpc) is 2.38. The molecule has 0 saturated carbocycles. The van der Waals surface area contributed by atoms with E-state index in [0.717, 1.165) is 5.69 Å². The zero-order chi connectivity index (χ0) is 15.3. The van der Waals surface area contributed by atoms with Gasteiger partial charge in [-0.1, -0.05) is 0 Å². The molecule has 0 atom stereocenters. The summed E-state index contributed by atoms with van der Waals surface area (Å²) >= 11 is 0. The summed E-state index contributed by atoms with van der Waals surface area (Å²) in [5, 5.41) is 3.25. The molecule has 0 aromatic heterocycles. The number of nitrogens with one attached hydrogen (secondary N) is 1. The fourth-order valence-corrected chi connectivity index (χ4v) is 2.79. The molecule has 0 spiro atoms. The molecule has 1 aromatic rings. The maximum Gasteiger partial charge on any atom is 0.213 e. The van der Waals surface area contributed by atoms with Gasteiger partial charge < -0.3 is 10.2 Å². The molecule has 1 aromatic carbocycles. The van der Waals surface area contributed by atoms with E-state index in [1.165, 1.54) is 15.6 Å². The van der Waals surface area contributed by atoms with Gasteiger partial charge in [0.1, 0.15) is 0 Å². The molecule has 0 saturated heterocycles. The minimum absolute atomic E-state index is 0.139. The van der Waals surface area contributed by atoms with Crippen LogP contribution in [0.1, 0.15) is 12.5 Å². The number of aryl methyl sites for hydroxylation is 1. The second kappa shape index (κ2) is 6.95. The molecule has 1 rings (SSSR count). The van der Waals surface area contributed by atoms with E-state index in [2.05, 4.69) is 29.3 Å².